The molecular formula is C8H16NO6PS. The molecule has 0 saturated heterocycles. The van der Waals surface area contributed by atoms with Crippen LogP contribution in [0.4, 0.5) is 0 Å². The zero-order chi connectivity index (χ0) is 13.5. The van der Waals surface area contributed by atoms with Gasteiger partial charge in [-0.05, 0) is 0 Å². The molecule has 1 atom stereocenters. The number of rotatable bonds is 3. The van der Waals surface area contributed by atoms with E-state index in [-0.39, 0.29) is 5.71 Å². The van der Waals surface area contributed by atoms with Crippen molar-refractivity contribution in [1.29, 1.82) is 0 Å². The third-order valence-corrected chi connectivity index (χ3v) is 5.16. The Morgan fingerprint density at radius 3 is 2.12 bits per heavy atom. The van der Waals surface area contributed by atoms with Gasteiger partial charge in [-0.15, -0.1) is 4.40 Å². The zero-order valence-electron chi connectivity index (χ0n) is 10.3. The summed E-state index contributed by atoms with van der Waals surface area (Å²) in [7, 11) is -5.44. The first kappa shape index (κ1) is 14.8. The molecule has 1 unspecified atom stereocenters. The molecule has 0 radical (unpaired) electrons. The van der Waals surface area contributed by atoms with Crippen LogP contribution in [0.1, 0.15) is 20.8 Å². The van der Waals surface area contributed by atoms with E-state index in [0.29, 0.717) is 0 Å². The lowest BCUT2D eigenvalue weighted by atomic mass is 9.90. The van der Waals surface area contributed by atoms with Gasteiger partial charge in [0.15, 0.2) is 0 Å². The molecule has 0 aromatic carbocycles. The van der Waals surface area contributed by atoms with E-state index < -0.39 is 29.2 Å². The molecule has 1 heterocycles. The summed E-state index contributed by atoms with van der Waals surface area (Å²) >= 11 is 0. The lowest BCUT2D eigenvalue weighted by Gasteiger charge is -2.26. The Kier molecular flexibility index (Phi) is 3.86. The van der Waals surface area contributed by atoms with Crippen LogP contribution in [-0.4, -0.2) is 34.2 Å². The Morgan fingerprint density at radius 2 is 1.76 bits per heavy atom. The van der Waals surface area contributed by atoms with Crippen LogP contribution >= 0.6 is 7.60 Å². The van der Waals surface area contributed by atoms with Crippen molar-refractivity contribution in [3.8, 4) is 0 Å². The van der Waals surface area contributed by atoms with Crippen molar-refractivity contribution < 1.29 is 26.2 Å². The topological polar surface area (TPSA) is 91.3 Å². The van der Waals surface area contributed by atoms with Gasteiger partial charge >= 0.3 is 17.9 Å². The van der Waals surface area contributed by atoms with Crippen molar-refractivity contribution in [1.82, 2.24) is 0 Å². The highest BCUT2D eigenvalue weighted by molar-refractivity contribution is 7.86. The molecule has 1 aliphatic rings. The van der Waals surface area contributed by atoms with Crippen molar-refractivity contribution in [3.63, 3.8) is 0 Å². The lowest BCUT2D eigenvalue weighted by Crippen LogP contribution is -2.31. The van der Waals surface area contributed by atoms with Gasteiger partial charge in [-0.1, -0.05) is 20.8 Å². The normalized spacial score (nSPS) is 24.8. The summed E-state index contributed by atoms with van der Waals surface area (Å²) in [6.45, 7) is 5.20. The van der Waals surface area contributed by atoms with Gasteiger partial charge < -0.3 is 9.05 Å². The third kappa shape index (κ3) is 2.95. The highest BCUT2D eigenvalue weighted by Gasteiger charge is 2.50. The van der Waals surface area contributed by atoms with Crippen LogP contribution in [0, 0.1) is 5.41 Å². The second-order valence-corrected chi connectivity index (χ2v) is 8.02. The van der Waals surface area contributed by atoms with E-state index in [4.69, 9.17) is 13.2 Å². The fraction of sp³-hybridized carbons (Fsp3) is 0.875. The Morgan fingerprint density at radius 1 is 1.29 bits per heavy atom. The van der Waals surface area contributed by atoms with E-state index in [1.165, 1.54) is 14.2 Å². The van der Waals surface area contributed by atoms with Gasteiger partial charge in [0.2, 0.25) is 5.85 Å². The van der Waals surface area contributed by atoms with Crippen molar-refractivity contribution in [2.45, 2.75) is 26.6 Å². The third-order valence-electron chi connectivity index (χ3n) is 2.22. The van der Waals surface area contributed by atoms with Crippen molar-refractivity contribution in [2.24, 2.45) is 9.81 Å². The highest BCUT2D eigenvalue weighted by atomic mass is 32.2. The minimum Gasteiger partial charge on any atom is -0.310 e. The van der Waals surface area contributed by atoms with Gasteiger partial charge in [-0.3, -0.25) is 4.57 Å². The average Bonchev–Trinajstić information content (AvgIpc) is 2.53. The predicted molar refractivity (Wildman–Crippen MR) is 62.3 cm³/mol. The van der Waals surface area contributed by atoms with Crippen LogP contribution in [0.3, 0.4) is 0 Å². The summed E-state index contributed by atoms with van der Waals surface area (Å²) in [6, 6.07) is 0. The first-order valence-electron chi connectivity index (χ1n) is 4.80. The minimum absolute atomic E-state index is 0.129. The van der Waals surface area contributed by atoms with E-state index in [1.54, 1.807) is 20.8 Å². The second kappa shape index (κ2) is 4.44. The van der Waals surface area contributed by atoms with E-state index in [9.17, 15) is 13.0 Å². The maximum Gasteiger partial charge on any atom is 0.382 e. The van der Waals surface area contributed by atoms with Crippen molar-refractivity contribution in [3.05, 3.63) is 0 Å². The fourth-order valence-electron chi connectivity index (χ4n) is 1.32. The zero-order valence-corrected chi connectivity index (χ0v) is 12.0. The molecule has 9 heteroatoms. The molecule has 1 rings (SSSR count). The maximum absolute atomic E-state index is 12.2. The summed E-state index contributed by atoms with van der Waals surface area (Å²) < 4.78 is 52.5. The average molecular weight is 285 g/mol. The SMILES string of the molecule is COP(=O)(OC)C1OS(=O)(=O)N=C1C(C)(C)C. The summed E-state index contributed by atoms with van der Waals surface area (Å²) in [5.74, 6) is -1.32. The van der Waals surface area contributed by atoms with Crippen LogP contribution in [-0.2, 0) is 28.1 Å². The van der Waals surface area contributed by atoms with Gasteiger partial charge in [0.25, 0.3) is 0 Å². The Balaban J connectivity index is 3.29. The van der Waals surface area contributed by atoms with Crippen molar-refractivity contribution >= 4 is 23.6 Å². The molecule has 0 amide bonds. The second-order valence-electron chi connectivity index (χ2n) is 4.51. The van der Waals surface area contributed by atoms with Gasteiger partial charge in [-0.25, -0.2) is 4.18 Å². The first-order valence-corrected chi connectivity index (χ1v) is 7.78. The van der Waals surface area contributed by atoms with Crippen molar-refractivity contribution in [2.75, 3.05) is 14.2 Å². The number of hydrogen-bond acceptors (Lipinski definition) is 6. The van der Waals surface area contributed by atoms with Crippen LogP contribution in [0.5, 0.6) is 0 Å². The van der Waals surface area contributed by atoms with Crippen LogP contribution in [0.25, 0.3) is 0 Å². The molecular weight excluding hydrogens is 269 g/mol. The maximum atomic E-state index is 12.2. The minimum atomic E-state index is -4.08. The Labute approximate surface area is 101 Å². The smallest absolute Gasteiger partial charge is 0.310 e. The van der Waals surface area contributed by atoms with Crippen LogP contribution < -0.4 is 0 Å². The first-order chi connectivity index (χ1) is 7.56. The summed E-state index contributed by atoms with van der Waals surface area (Å²) in [5, 5.41) is 0. The van der Waals surface area contributed by atoms with Gasteiger partial charge in [0.05, 0.1) is 5.71 Å². The largest absolute Gasteiger partial charge is 0.382 e. The number of nitrogens with zero attached hydrogens (tertiary/aromatic N) is 1. The van der Waals surface area contributed by atoms with E-state index in [0.717, 1.165) is 0 Å². The lowest BCUT2D eigenvalue weighted by molar-refractivity contribution is 0.223. The molecule has 17 heavy (non-hydrogen) atoms. The molecule has 0 bridgehead atoms. The van der Waals surface area contributed by atoms with Gasteiger partial charge in [0.1, 0.15) is 0 Å². The molecule has 100 valence electrons. The van der Waals surface area contributed by atoms with E-state index in [2.05, 4.69) is 4.40 Å². The molecule has 0 fully saturated rings. The molecule has 0 spiro atoms. The van der Waals surface area contributed by atoms with Crippen LogP contribution in [0.2, 0.25) is 0 Å². The summed E-state index contributed by atoms with van der Waals surface area (Å²) in [5.41, 5.74) is -0.495. The highest BCUT2D eigenvalue weighted by Crippen LogP contribution is 2.56. The predicted octanol–water partition coefficient (Wildman–Crippen LogP) is 1.56. The molecule has 0 aliphatic carbocycles. The van der Waals surface area contributed by atoms with E-state index >= 15 is 0 Å². The molecule has 1 aliphatic heterocycles. The monoisotopic (exact) mass is 285 g/mol. The molecule has 0 saturated carbocycles. The number of hydrogen-bond donors (Lipinski definition) is 0. The molecule has 0 N–H and O–H groups in total. The molecule has 7 nitrogen and oxygen atoms in total. The Hall–Kier alpha value is -0.270. The standard InChI is InChI=1S/C8H16NO6PS/c1-8(2,3)6-7(15-17(11,12)9-6)16(10,13-4)14-5/h7H,1-5H3. The van der Waals surface area contributed by atoms with E-state index in [1.807, 2.05) is 0 Å². The fourth-order valence-corrected chi connectivity index (χ4v) is 4.40. The summed E-state index contributed by atoms with van der Waals surface area (Å²) in [6.07, 6.45) is 0. The van der Waals surface area contributed by atoms with Gasteiger partial charge in [0, 0.05) is 19.6 Å². The molecule has 0 aromatic rings. The van der Waals surface area contributed by atoms with Gasteiger partial charge in [-0.2, -0.15) is 8.42 Å². The van der Waals surface area contributed by atoms with Crippen LogP contribution in [0.15, 0.2) is 4.40 Å². The summed E-state index contributed by atoms with van der Waals surface area (Å²) in [4.78, 5) is 0. The molecule has 0 aromatic heterocycles. The Bertz CT molecular complexity index is 469. The quantitative estimate of drug-likeness (QED) is 0.731.